The van der Waals surface area contributed by atoms with Crippen LogP contribution in [-0.2, 0) is 6.42 Å². The lowest BCUT2D eigenvalue weighted by molar-refractivity contribution is 0.365. The summed E-state index contributed by atoms with van der Waals surface area (Å²) in [6, 6.07) is 4.38. The van der Waals surface area contributed by atoms with Crippen LogP contribution in [0.3, 0.4) is 0 Å². The van der Waals surface area contributed by atoms with E-state index in [2.05, 4.69) is 54.2 Å². The van der Waals surface area contributed by atoms with Crippen LogP contribution in [0.1, 0.15) is 25.6 Å². The zero-order chi connectivity index (χ0) is 11.3. The van der Waals surface area contributed by atoms with Gasteiger partial charge >= 0.3 is 0 Å². The molecule has 0 fully saturated rings. The molecule has 1 nitrogen and oxygen atoms in total. The van der Waals surface area contributed by atoms with Gasteiger partial charge in [-0.3, -0.25) is 0 Å². The van der Waals surface area contributed by atoms with Crippen LogP contribution < -0.4 is 5.32 Å². The molecule has 0 saturated carbocycles. The summed E-state index contributed by atoms with van der Waals surface area (Å²) in [5.41, 5.74) is 0. The lowest BCUT2D eigenvalue weighted by Crippen LogP contribution is -2.27. The maximum atomic E-state index is 3.51. The van der Waals surface area contributed by atoms with E-state index in [0.29, 0.717) is 0 Å². The van der Waals surface area contributed by atoms with E-state index >= 15 is 0 Å². The fourth-order valence-corrected chi connectivity index (χ4v) is 3.17. The first-order valence-corrected chi connectivity index (χ1v) is 7.19. The molecule has 0 aliphatic rings. The molecule has 0 aromatic carbocycles. The summed E-state index contributed by atoms with van der Waals surface area (Å²) in [4.78, 5) is 1.48. The smallest absolute Gasteiger partial charge is 0.0701 e. The number of halogens is 1. The van der Waals surface area contributed by atoms with Crippen molar-refractivity contribution in [2.45, 2.75) is 27.2 Å². The van der Waals surface area contributed by atoms with E-state index in [-0.39, 0.29) is 0 Å². The van der Waals surface area contributed by atoms with Crippen LogP contribution in [0.4, 0.5) is 0 Å². The number of thiophene rings is 1. The lowest BCUT2D eigenvalue weighted by Gasteiger charge is -2.20. The largest absolute Gasteiger partial charge is 0.317 e. The highest BCUT2D eigenvalue weighted by molar-refractivity contribution is 9.11. The van der Waals surface area contributed by atoms with E-state index in [1.165, 1.54) is 15.1 Å². The monoisotopic (exact) mass is 289 g/mol. The van der Waals surface area contributed by atoms with Crippen molar-refractivity contribution < 1.29 is 0 Å². The lowest BCUT2D eigenvalue weighted by atomic mass is 9.92. The van der Waals surface area contributed by atoms with Gasteiger partial charge in [0.2, 0.25) is 0 Å². The Morgan fingerprint density at radius 3 is 2.60 bits per heavy atom. The normalized spacial score (nSPS) is 13.4. The van der Waals surface area contributed by atoms with Crippen molar-refractivity contribution in [1.82, 2.24) is 5.32 Å². The van der Waals surface area contributed by atoms with Crippen LogP contribution in [0.25, 0.3) is 0 Å². The van der Waals surface area contributed by atoms with Gasteiger partial charge in [-0.15, -0.1) is 11.3 Å². The molecule has 1 rings (SSSR count). The first-order chi connectivity index (χ1) is 7.13. The van der Waals surface area contributed by atoms with E-state index in [1.54, 1.807) is 0 Å². The van der Waals surface area contributed by atoms with Gasteiger partial charge in [-0.2, -0.15) is 0 Å². The predicted octanol–water partition coefficient (Wildman–Crippen LogP) is 3.93. The van der Waals surface area contributed by atoms with Crippen LogP contribution >= 0.6 is 27.3 Å². The van der Waals surface area contributed by atoms with Crippen LogP contribution in [0.5, 0.6) is 0 Å². The summed E-state index contributed by atoms with van der Waals surface area (Å²) in [5, 5.41) is 3.45. The van der Waals surface area contributed by atoms with Crippen molar-refractivity contribution in [2.75, 3.05) is 13.1 Å². The molecule has 0 bridgehead atoms. The van der Waals surface area contributed by atoms with E-state index in [9.17, 15) is 0 Å². The molecule has 1 unspecified atom stereocenters. The Kier molecular flexibility index (Phi) is 5.87. The second-order valence-electron chi connectivity index (χ2n) is 4.22. The molecule has 1 N–H and O–H groups in total. The van der Waals surface area contributed by atoms with Crippen molar-refractivity contribution in [1.29, 1.82) is 0 Å². The number of hydrogen-bond donors (Lipinski definition) is 1. The first kappa shape index (κ1) is 13.2. The minimum Gasteiger partial charge on any atom is -0.317 e. The number of hydrogen-bond acceptors (Lipinski definition) is 2. The fraction of sp³-hybridized carbons (Fsp3) is 0.667. The van der Waals surface area contributed by atoms with Crippen LogP contribution in [0.15, 0.2) is 15.9 Å². The van der Waals surface area contributed by atoms with Gasteiger partial charge in [0.05, 0.1) is 3.79 Å². The maximum absolute atomic E-state index is 3.51. The van der Waals surface area contributed by atoms with Gasteiger partial charge in [-0.25, -0.2) is 0 Å². The molecule has 0 saturated heterocycles. The van der Waals surface area contributed by atoms with Crippen molar-refractivity contribution in [2.24, 2.45) is 11.8 Å². The molecule has 0 radical (unpaired) electrons. The summed E-state index contributed by atoms with van der Waals surface area (Å²) in [6.45, 7) is 8.98. The van der Waals surface area contributed by atoms with Gasteiger partial charge < -0.3 is 5.32 Å². The van der Waals surface area contributed by atoms with E-state index in [0.717, 1.165) is 24.9 Å². The molecule has 3 heteroatoms. The highest BCUT2D eigenvalue weighted by atomic mass is 79.9. The molecule has 0 amide bonds. The van der Waals surface area contributed by atoms with Gasteiger partial charge in [0.25, 0.3) is 0 Å². The molecule has 1 heterocycles. The molecule has 1 aromatic rings. The Balaban J connectivity index is 2.50. The minimum atomic E-state index is 0.741. The Bertz CT molecular complexity index is 283. The van der Waals surface area contributed by atoms with Crippen LogP contribution in [0.2, 0.25) is 0 Å². The average Bonchev–Trinajstić information content (AvgIpc) is 2.58. The highest BCUT2D eigenvalue weighted by Crippen LogP contribution is 2.26. The SMILES string of the molecule is CCNCC(Cc1ccc(Br)s1)C(C)C. The molecule has 15 heavy (non-hydrogen) atoms. The minimum absolute atomic E-state index is 0.741. The highest BCUT2D eigenvalue weighted by Gasteiger charge is 2.14. The predicted molar refractivity (Wildman–Crippen MR) is 72.6 cm³/mol. The third-order valence-corrected chi connectivity index (χ3v) is 4.34. The molecule has 86 valence electrons. The molecule has 0 aliphatic heterocycles. The zero-order valence-electron chi connectivity index (χ0n) is 9.72. The first-order valence-electron chi connectivity index (χ1n) is 5.58. The molecule has 1 atom stereocenters. The second kappa shape index (κ2) is 6.66. The van der Waals surface area contributed by atoms with Crippen molar-refractivity contribution >= 4 is 27.3 Å². The molecule has 0 aliphatic carbocycles. The third-order valence-electron chi connectivity index (χ3n) is 2.69. The molecular formula is C12H20BrNS. The van der Waals surface area contributed by atoms with E-state index < -0.39 is 0 Å². The molecule has 1 aromatic heterocycles. The summed E-state index contributed by atoms with van der Waals surface area (Å²) in [5.74, 6) is 1.49. The van der Waals surface area contributed by atoms with Crippen molar-refractivity contribution in [3.63, 3.8) is 0 Å². The Morgan fingerprint density at radius 2 is 2.13 bits per heavy atom. The Morgan fingerprint density at radius 1 is 1.40 bits per heavy atom. The van der Waals surface area contributed by atoms with Crippen molar-refractivity contribution in [3.05, 3.63) is 20.8 Å². The number of rotatable bonds is 6. The quantitative estimate of drug-likeness (QED) is 0.837. The zero-order valence-corrected chi connectivity index (χ0v) is 12.1. The van der Waals surface area contributed by atoms with Crippen molar-refractivity contribution in [3.8, 4) is 0 Å². The maximum Gasteiger partial charge on any atom is 0.0701 e. The summed E-state index contributed by atoms with van der Waals surface area (Å²) >= 11 is 5.37. The van der Waals surface area contributed by atoms with Gasteiger partial charge in [0.15, 0.2) is 0 Å². The van der Waals surface area contributed by atoms with Crippen LogP contribution in [0, 0.1) is 11.8 Å². The van der Waals surface area contributed by atoms with Gasteiger partial charge in [-0.1, -0.05) is 20.8 Å². The molecular weight excluding hydrogens is 270 g/mol. The van der Waals surface area contributed by atoms with E-state index in [1.807, 2.05) is 11.3 Å². The van der Waals surface area contributed by atoms with Gasteiger partial charge in [0.1, 0.15) is 0 Å². The fourth-order valence-electron chi connectivity index (χ4n) is 1.59. The summed E-state index contributed by atoms with van der Waals surface area (Å²) in [7, 11) is 0. The van der Waals surface area contributed by atoms with Gasteiger partial charge in [0, 0.05) is 4.88 Å². The second-order valence-corrected chi connectivity index (χ2v) is 6.77. The standard InChI is InChI=1S/C12H20BrNS/c1-4-14-8-10(9(2)3)7-11-5-6-12(13)15-11/h5-6,9-10,14H,4,7-8H2,1-3H3. The topological polar surface area (TPSA) is 12.0 Å². The third kappa shape index (κ3) is 4.66. The Hall–Kier alpha value is 0.140. The summed E-state index contributed by atoms with van der Waals surface area (Å²) < 4.78 is 1.24. The number of nitrogens with one attached hydrogen (secondary N) is 1. The van der Waals surface area contributed by atoms with Crippen LogP contribution in [-0.4, -0.2) is 13.1 Å². The van der Waals surface area contributed by atoms with E-state index in [4.69, 9.17) is 0 Å². The average molecular weight is 290 g/mol. The molecule has 0 spiro atoms. The van der Waals surface area contributed by atoms with Gasteiger partial charge in [-0.05, 0) is 59.4 Å². The Labute approximate surface area is 105 Å². The summed E-state index contributed by atoms with van der Waals surface area (Å²) in [6.07, 6.45) is 1.20.